The largest absolute Gasteiger partial charge is 0.416 e. The number of rotatable bonds is 4. The van der Waals surface area contributed by atoms with Crippen LogP contribution in [0.2, 0.25) is 0 Å². The molecule has 30 heavy (non-hydrogen) atoms. The molecule has 0 aliphatic carbocycles. The second kappa shape index (κ2) is 8.98. The van der Waals surface area contributed by atoms with E-state index in [9.17, 15) is 27.6 Å². The van der Waals surface area contributed by atoms with Crippen LogP contribution in [0.5, 0.6) is 0 Å². The summed E-state index contributed by atoms with van der Waals surface area (Å²) in [4.78, 5) is 35.8. The Kier molecular flexibility index (Phi) is 6.86. The van der Waals surface area contributed by atoms with Crippen molar-refractivity contribution in [3.8, 4) is 0 Å². The minimum absolute atomic E-state index is 0.0289. The van der Waals surface area contributed by atoms with Crippen molar-refractivity contribution in [3.05, 3.63) is 70.8 Å². The molecular formula is C21H22F3N3O3. The number of amides is 3. The van der Waals surface area contributed by atoms with Crippen LogP contribution in [-0.4, -0.2) is 24.3 Å². The highest BCUT2D eigenvalue weighted by Gasteiger charge is 2.30. The molecule has 160 valence electrons. The van der Waals surface area contributed by atoms with Gasteiger partial charge in [0, 0.05) is 11.1 Å². The maximum absolute atomic E-state index is 12.5. The zero-order chi connectivity index (χ0) is 22.5. The third-order valence-electron chi connectivity index (χ3n) is 4.21. The Labute approximate surface area is 171 Å². The molecule has 0 atom stereocenters. The van der Waals surface area contributed by atoms with Gasteiger partial charge in [0.15, 0.2) is 0 Å². The number of nitrogens with one attached hydrogen (secondary N) is 3. The van der Waals surface area contributed by atoms with Crippen molar-refractivity contribution >= 4 is 17.7 Å². The standard InChI is InChI=1S/C21H22F3N3O3/c1-20(2,3)15-8-4-14(5-9-15)19(30)27-26-17(28)12-25-18(29)13-6-10-16(11-7-13)21(22,23)24/h4-11H,12H2,1-3H3,(H,25,29)(H,26,28)(H,27,30). The van der Waals surface area contributed by atoms with Crippen molar-refractivity contribution in [1.29, 1.82) is 0 Å². The first-order chi connectivity index (χ1) is 13.9. The lowest BCUT2D eigenvalue weighted by atomic mass is 9.87. The maximum Gasteiger partial charge on any atom is 0.416 e. The van der Waals surface area contributed by atoms with Gasteiger partial charge in [-0.15, -0.1) is 0 Å². The minimum atomic E-state index is -4.50. The first-order valence-electron chi connectivity index (χ1n) is 9.03. The Balaban J connectivity index is 1.81. The molecule has 2 aromatic rings. The number of hydrogen-bond acceptors (Lipinski definition) is 3. The average molecular weight is 421 g/mol. The van der Waals surface area contributed by atoms with E-state index in [1.165, 1.54) is 0 Å². The van der Waals surface area contributed by atoms with E-state index in [4.69, 9.17) is 0 Å². The van der Waals surface area contributed by atoms with E-state index in [2.05, 4.69) is 16.2 Å². The zero-order valence-electron chi connectivity index (χ0n) is 16.7. The van der Waals surface area contributed by atoms with Crippen molar-refractivity contribution in [2.24, 2.45) is 0 Å². The predicted octanol–water partition coefficient (Wildman–Crippen LogP) is 3.19. The maximum atomic E-state index is 12.5. The molecule has 6 nitrogen and oxygen atoms in total. The SMILES string of the molecule is CC(C)(C)c1ccc(C(=O)NNC(=O)CNC(=O)c2ccc(C(F)(F)F)cc2)cc1. The lowest BCUT2D eigenvalue weighted by molar-refractivity contribution is -0.137. The van der Waals surface area contributed by atoms with Gasteiger partial charge >= 0.3 is 6.18 Å². The van der Waals surface area contributed by atoms with E-state index in [0.29, 0.717) is 5.56 Å². The van der Waals surface area contributed by atoms with Crippen LogP contribution in [0.15, 0.2) is 48.5 Å². The van der Waals surface area contributed by atoms with Crippen LogP contribution in [0.4, 0.5) is 13.2 Å². The van der Waals surface area contributed by atoms with E-state index in [1.807, 2.05) is 32.9 Å². The fraction of sp³-hybridized carbons (Fsp3) is 0.286. The molecule has 0 aliphatic rings. The van der Waals surface area contributed by atoms with Gasteiger partial charge in [-0.3, -0.25) is 25.2 Å². The first-order valence-corrected chi connectivity index (χ1v) is 9.03. The number of alkyl halides is 3. The van der Waals surface area contributed by atoms with Crippen LogP contribution in [0.25, 0.3) is 0 Å². The Morgan fingerprint density at radius 2 is 1.20 bits per heavy atom. The van der Waals surface area contributed by atoms with Gasteiger partial charge < -0.3 is 5.32 Å². The molecule has 0 radical (unpaired) electrons. The summed E-state index contributed by atoms with van der Waals surface area (Å²) in [6, 6.07) is 10.5. The lowest BCUT2D eigenvalue weighted by Gasteiger charge is -2.19. The second-order valence-corrected chi connectivity index (χ2v) is 7.59. The summed E-state index contributed by atoms with van der Waals surface area (Å²) in [6.07, 6.45) is -4.50. The Hall–Kier alpha value is -3.36. The van der Waals surface area contributed by atoms with Crippen LogP contribution in [0.1, 0.15) is 52.6 Å². The van der Waals surface area contributed by atoms with Crippen molar-refractivity contribution in [1.82, 2.24) is 16.2 Å². The van der Waals surface area contributed by atoms with Crippen molar-refractivity contribution in [3.63, 3.8) is 0 Å². The molecule has 2 rings (SSSR count). The van der Waals surface area contributed by atoms with E-state index in [0.717, 1.165) is 29.8 Å². The Morgan fingerprint density at radius 1 is 0.733 bits per heavy atom. The monoisotopic (exact) mass is 421 g/mol. The van der Waals surface area contributed by atoms with Crippen LogP contribution < -0.4 is 16.2 Å². The molecule has 0 saturated carbocycles. The van der Waals surface area contributed by atoms with Gasteiger partial charge in [-0.1, -0.05) is 32.9 Å². The third kappa shape index (κ3) is 6.33. The molecule has 0 bridgehead atoms. The Bertz CT molecular complexity index is 840. The summed E-state index contributed by atoms with van der Waals surface area (Å²) in [5.74, 6) is -1.95. The predicted molar refractivity (Wildman–Crippen MR) is 105 cm³/mol. The zero-order valence-corrected chi connectivity index (χ0v) is 16.7. The van der Waals surface area contributed by atoms with E-state index < -0.39 is 36.0 Å². The van der Waals surface area contributed by atoms with Gasteiger partial charge in [-0.05, 0) is 47.4 Å². The second-order valence-electron chi connectivity index (χ2n) is 7.59. The summed E-state index contributed by atoms with van der Waals surface area (Å²) in [5, 5.41) is 2.26. The smallest absolute Gasteiger partial charge is 0.343 e. The van der Waals surface area contributed by atoms with E-state index in [1.54, 1.807) is 12.1 Å². The van der Waals surface area contributed by atoms with Gasteiger partial charge in [0.1, 0.15) is 0 Å². The van der Waals surface area contributed by atoms with Gasteiger partial charge in [0.2, 0.25) is 0 Å². The highest BCUT2D eigenvalue weighted by molar-refractivity contribution is 5.98. The van der Waals surface area contributed by atoms with Gasteiger partial charge in [0.05, 0.1) is 12.1 Å². The molecule has 0 fully saturated rings. The van der Waals surface area contributed by atoms with Gasteiger partial charge in [0.25, 0.3) is 17.7 Å². The van der Waals surface area contributed by atoms with E-state index >= 15 is 0 Å². The number of hydrazine groups is 1. The molecular weight excluding hydrogens is 399 g/mol. The van der Waals surface area contributed by atoms with E-state index in [-0.39, 0.29) is 11.0 Å². The summed E-state index contributed by atoms with van der Waals surface area (Å²) in [6.45, 7) is 5.66. The van der Waals surface area contributed by atoms with Crippen molar-refractivity contribution < 1.29 is 27.6 Å². The molecule has 0 heterocycles. The average Bonchev–Trinajstić information content (AvgIpc) is 2.69. The van der Waals surface area contributed by atoms with Crippen molar-refractivity contribution in [2.45, 2.75) is 32.4 Å². The fourth-order valence-corrected chi connectivity index (χ4v) is 2.44. The summed E-state index contributed by atoms with van der Waals surface area (Å²) < 4.78 is 37.6. The molecule has 0 spiro atoms. The molecule has 0 aromatic heterocycles. The van der Waals surface area contributed by atoms with Gasteiger partial charge in [-0.25, -0.2) is 0 Å². The Morgan fingerprint density at radius 3 is 1.67 bits per heavy atom. The highest BCUT2D eigenvalue weighted by atomic mass is 19.4. The van der Waals surface area contributed by atoms with Crippen molar-refractivity contribution in [2.75, 3.05) is 6.54 Å². The van der Waals surface area contributed by atoms with Crippen LogP contribution >= 0.6 is 0 Å². The molecule has 3 amide bonds. The number of carbonyl (C=O) groups is 3. The number of hydrogen-bond donors (Lipinski definition) is 3. The van der Waals surface area contributed by atoms with Crippen LogP contribution in [0, 0.1) is 0 Å². The third-order valence-corrected chi connectivity index (χ3v) is 4.21. The molecule has 0 unspecified atom stereocenters. The highest BCUT2D eigenvalue weighted by Crippen LogP contribution is 2.29. The summed E-state index contributed by atoms with van der Waals surface area (Å²) >= 11 is 0. The van der Waals surface area contributed by atoms with Crippen LogP contribution in [-0.2, 0) is 16.4 Å². The molecule has 0 aliphatic heterocycles. The quantitative estimate of drug-likeness (QED) is 0.663. The first kappa shape index (κ1) is 22.9. The number of carbonyl (C=O) groups excluding carboxylic acids is 3. The minimum Gasteiger partial charge on any atom is -0.343 e. The molecule has 2 aromatic carbocycles. The topological polar surface area (TPSA) is 87.3 Å². The molecule has 9 heteroatoms. The summed E-state index contributed by atoms with van der Waals surface area (Å²) in [5.41, 5.74) is 4.81. The molecule has 0 saturated heterocycles. The molecule has 3 N–H and O–H groups in total. The normalized spacial score (nSPS) is 11.5. The number of benzene rings is 2. The van der Waals surface area contributed by atoms with Gasteiger partial charge in [-0.2, -0.15) is 13.2 Å². The summed E-state index contributed by atoms with van der Waals surface area (Å²) in [7, 11) is 0. The lowest BCUT2D eigenvalue weighted by Crippen LogP contribution is -2.46. The fourth-order valence-electron chi connectivity index (χ4n) is 2.44. The number of halogens is 3. The van der Waals surface area contributed by atoms with Crippen LogP contribution in [0.3, 0.4) is 0 Å².